The first-order chi connectivity index (χ1) is 4.66. The van der Waals surface area contributed by atoms with Crippen LogP contribution in [0.5, 0.6) is 0 Å². The molecule has 0 aromatic heterocycles. The van der Waals surface area contributed by atoms with E-state index < -0.39 is 0 Å². The van der Waals surface area contributed by atoms with Crippen molar-refractivity contribution in [1.82, 2.24) is 0 Å². The summed E-state index contributed by atoms with van der Waals surface area (Å²) in [5.41, 5.74) is 0. The first-order valence-electron chi connectivity index (χ1n) is 3.12. The van der Waals surface area contributed by atoms with Crippen LogP contribution in [0, 0.1) is 0 Å². The summed E-state index contributed by atoms with van der Waals surface area (Å²) in [7, 11) is 1.35. The lowest BCUT2D eigenvalue weighted by molar-refractivity contribution is -0.134. The molecule has 0 radical (unpaired) electrons. The lowest BCUT2D eigenvalue weighted by Crippen LogP contribution is -1.97. The standard InChI is InChI=1S/C7H9ClO2/c1-10-6(9)2-3-7(8)4-5-7/h2-3H,4-5H2,1H3. The molecule has 0 aromatic carbocycles. The molecule has 2 nitrogen and oxygen atoms in total. The van der Waals surface area contributed by atoms with Crippen molar-refractivity contribution >= 4 is 17.6 Å². The Bertz CT molecular complexity index is 170. The fourth-order valence-electron chi connectivity index (χ4n) is 0.572. The minimum Gasteiger partial charge on any atom is -0.466 e. The van der Waals surface area contributed by atoms with Gasteiger partial charge in [0.1, 0.15) is 0 Å². The normalized spacial score (nSPS) is 21.0. The van der Waals surface area contributed by atoms with E-state index in [4.69, 9.17) is 11.6 Å². The second kappa shape index (κ2) is 2.62. The number of esters is 1. The van der Waals surface area contributed by atoms with Gasteiger partial charge in [0.2, 0.25) is 0 Å². The monoisotopic (exact) mass is 160 g/mol. The molecule has 0 saturated heterocycles. The minimum atomic E-state index is -0.341. The van der Waals surface area contributed by atoms with E-state index in [0.29, 0.717) is 0 Å². The Morgan fingerprint density at radius 2 is 2.30 bits per heavy atom. The molecule has 1 aliphatic carbocycles. The van der Waals surface area contributed by atoms with Crippen LogP contribution in [0.1, 0.15) is 12.8 Å². The molecule has 0 aliphatic heterocycles. The van der Waals surface area contributed by atoms with Crippen LogP contribution in [0.25, 0.3) is 0 Å². The number of alkyl halides is 1. The zero-order valence-electron chi connectivity index (χ0n) is 5.76. The van der Waals surface area contributed by atoms with Crippen molar-refractivity contribution in [3.63, 3.8) is 0 Å². The summed E-state index contributed by atoms with van der Waals surface area (Å²) in [4.78, 5) is 10.3. The second-order valence-corrected chi connectivity index (χ2v) is 3.14. The van der Waals surface area contributed by atoms with Crippen LogP contribution in [0.2, 0.25) is 0 Å². The van der Waals surface area contributed by atoms with Gasteiger partial charge in [-0.3, -0.25) is 0 Å². The van der Waals surface area contributed by atoms with Crippen LogP contribution in [0.4, 0.5) is 0 Å². The van der Waals surface area contributed by atoms with Crippen LogP contribution in [-0.2, 0) is 9.53 Å². The number of rotatable bonds is 2. The van der Waals surface area contributed by atoms with Gasteiger partial charge in [0.25, 0.3) is 0 Å². The number of hydrogen-bond donors (Lipinski definition) is 0. The summed E-state index contributed by atoms with van der Waals surface area (Å²) < 4.78 is 4.39. The quantitative estimate of drug-likeness (QED) is 0.348. The van der Waals surface area contributed by atoms with Crippen LogP contribution in [0.15, 0.2) is 12.2 Å². The van der Waals surface area contributed by atoms with Gasteiger partial charge < -0.3 is 4.74 Å². The van der Waals surface area contributed by atoms with E-state index in [1.54, 1.807) is 6.08 Å². The van der Waals surface area contributed by atoms with E-state index in [-0.39, 0.29) is 10.8 Å². The van der Waals surface area contributed by atoms with Gasteiger partial charge in [-0.2, -0.15) is 0 Å². The maximum absolute atomic E-state index is 10.5. The van der Waals surface area contributed by atoms with E-state index >= 15 is 0 Å². The molecule has 0 atom stereocenters. The number of hydrogen-bond acceptors (Lipinski definition) is 2. The highest BCUT2D eigenvalue weighted by Crippen LogP contribution is 2.43. The molecule has 56 valence electrons. The molecule has 0 amide bonds. The topological polar surface area (TPSA) is 26.3 Å². The molecule has 3 heteroatoms. The van der Waals surface area contributed by atoms with Crippen molar-refractivity contribution in [2.24, 2.45) is 0 Å². The van der Waals surface area contributed by atoms with Crippen molar-refractivity contribution in [3.8, 4) is 0 Å². The molecule has 0 bridgehead atoms. The number of carbonyl (C=O) groups is 1. The zero-order valence-corrected chi connectivity index (χ0v) is 6.52. The maximum Gasteiger partial charge on any atom is 0.330 e. The van der Waals surface area contributed by atoms with Gasteiger partial charge in [-0.1, -0.05) is 6.08 Å². The predicted molar refractivity (Wildman–Crippen MR) is 39.0 cm³/mol. The Balaban J connectivity index is 2.36. The van der Waals surface area contributed by atoms with Crippen molar-refractivity contribution in [3.05, 3.63) is 12.2 Å². The van der Waals surface area contributed by atoms with Crippen LogP contribution < -0.4 is 0 Å². The van der Waals surface area contributed by atoms with Gasteiger partial charge in [0.05, 0.1) is 12.0 Å². The lowest BCUT2D eigenvalue weighted by atomic mass is 10.3. The Labute approximate surface area is 64.8 Å². The first-order valence-corrected chi connectivity index (χ1v) is 3.50. The molecule has 1 saturated carbocycles. The van der Waals surface area contributed by atoms with Gasteiger partial charge in [0.15, 0.2) is 0 Å². The van der Waals surface area contributed by atoms with Crippen molar-refractivity contribution in [2.75, 3.05) is 7.11 Å². The van der Waals surface area contributed by atoms with E-state index in [9.17, 15) is 4.79 Å². The smallest absolute Gasteiger partial charge is 0.330 e. The maximum atomic E-state index is 10.5. The summed E-state index contributed by atoms with van der Waals surface area (Å²) >= 11 is 5.85. The van der Waals surface area contributed by atoms with Crippen LogP contribution >= 0.6 is 11.6 Å². The Morgan fingerprint density at radius 3 is 2.70 bits per heavy atom. The summed E-state index contributed by atoms with van der Waals surface area (Å²) in [6, 6.07) is 0. The highest BCUT2D eigenvalue weighted by molar-refractivity contribution is 6.27. The Morgan fingerprint density at radius 1 is 1.70 bits per heavy atom. The van der Waals surface area contributed by atoms with Gasteiger partial charge in [-0.05, 0) is 12.8 Å². The third-order valence-corrected chi connectivity index (χ3v) is 1.95. The first kappa shape index (κ1) is 7.61. The number of allylic oxidation sites excluding steroid dienone is 1. The van der Waals surface area contributed by atoms with E-state index in [1.165, 1.54) is 13.2 Å². The zero-order chi connectivity index (χ0) is 7.61. The average molecular weight is 161 g/mol. The number of ether oxygens (including phenoxy) is 1. The fourth-order valence-corrected chi connectivity index (χ4v) is 0.729. The van der Waals surface area contributed by atoms with Gasteiger partial charge in [-0.25, -0.2) is 4.79 Å². The summed E-state index contributed by atoms with van der Waals surface area (Å²) in [6.07, 6.45) is 4.99. The summed E-state index contributed by atoms with van der Waals surface area (Å²) in [6.45, 7) is 0. The summed E-state index contributed by atoms with van der Waals surface area (Å²) in [5, 5.41) is 0. The Hall–Kier alpha value is -0.500. The fraction of sp³-hybridized carbons (Fsp3) is 0.571. The molecule has 0 spiro atoms. The van der Waals surface area contributed by atoms with Gasteiger partial charge in [0, 0.05) is 6.08 Å². The van der Waals surface area contributed by atoms with E-state index in [0.717, 1.165) is 12.8 Å². The second-order valence-electron chi connectivity index (χ2n) is 2.39. The highest BCUT2D eigenvalue weighted by Gasteiger charge is 2.37. The minimum absolute atomic E-state index is 0.228. The molecular weight excluding hydrogens is 152 g/mol. The third-order valence-electron chi connectivity index (χ3n) is 1.45. The molecule has 1 rings (SSSR count). The van der Waals surface area contributed by atoms with Gasteiger partial charge in [-0.15, -0.1) is 11.6 Å². The van der Waals surface area contributed by atoms with Crippen molar-refractivity contribution in [2.45, 2.75) is 17.7 Å². The third kappa shape index (κ3) is 2.03. The molecular formula is C7H9ClO2. The lowest BCUT2D eigenvalue weighted by Gasteiger charge is -1.93. The molecule has 0 aromatic rings. The van der Waals surface area contributed by atoms with Gasteiger partial charge >= 0.3 is 5.97 Å². The highest BCUT2D eigenvalue weighted by atomic mass is 35.5. The molecule has 1 aliphatic rings. The summed E-state index contributed by atoms with van der Waals surface area (Å²) in [5.74, 6) is -0.341. The van der Waals surface area contributed by atoms with E-state index in [2.05, 4.69) is 4.74 Å². The largest absolute Gasteiger partial charge is 0.466 e. The number of methoxy groups -OCH3 is 1. The molecule has 0 unspecified atom stereocenters. The van der Waals surface area contributed by atoms with Crippen molar-refractivity contribution in [1.29, 1.82) is 0 Å². The van der Waals surface area contributed by atoms with Crippen molar-refractivity contribution < 1.29 is 9.53 Å². The molecule has 10 heavy (non-hydrogen) atoms. The SMILES string of the molecule is COC(=O)C=CC1(Cl)CC1. The number of halogens is 1. The average Bonchev–Trinajstić information content (AvgIpc) is 2.64. The predicted octanol–water partition coefficient (Wildman–Crippen LogP) is 1.49. The molecule has 0 N–H and O–H groups in total. The molecule has 1 fully saturated rings. The number of carbonyl (C=O) groups excluding carboxylic acids is 1. The Kier molecular flexibility index (Phi) is 2.00. The molecule has 0 heterocycles. The van der Waals surface area contributed by atoms with Crippen LogP contribution in [-0.4, -0.2) is 18.0 Å². The van der Waals surface area contributed by atoms with Crippen LogP contribution in [0.3, 0.4) is 0 Å². The van der Waals surface area contributed by atoms with E-state index in [1.807, 2.05) is 0 Å².